The van der Waals surface area contributed by atoms with Crippen LogP contribution in [0.5, 0.6) is 0 Å². The third-order valence-corrected chi connectivity index (χ3v) is 3.40. The lowest BCUT2D eigenvalue weighted by atomic mass is 10.1. The van der Waals surface area contributed by atoms with Gasteiger partial charge in [0.1, 0.15) is 5.82 Å². The molecule has 0 unspecified atom stereocenters. The Morgan fingerprint density at radius 3 is 2.53 bits per heavy atom. The first-order valence-electron chi connectivity index (χ1n) is 5.81. The summed E-state index contributed by atoms with van der Waals surface area (Å²) in [4.78, 5) is 13.0. The molecule has 0 atom stereocenters. The molecule has 0 saturated carbocycles. The summed E-state index contributed by atoms with van der Waals surface area (Å²) in [5, 5.41) is 0. The van der Waals surface area contributed by atoms with Gasteiger partial charge in [-0.05, 0) is 42.2 Å². The van der Waals surface area contributed by atoms with Crippen LogP contribution in [0.1, 0.15) is 15.9 Å². The van der Waals surface area contributed by atoms with Gasteiger partial charge in [-0.15, -0.1) is 11.8 Å². The van der Waals surface area contributed by atoms with E-state index in [1.54, 1.807) is 23.9 Å². The van der Waals surface area contributed by atoms with E-state index in [1.807, 2.05) is 30.5 Å². The summed E-state index contributed by atoms with van der Waals surface area (Å²) < 4.78 is 13.0. The minimum absolute atomic E-state index is 0.201. The predicted octanol–water partition coefficient (Wildman–Crippen LogP) is 4.44. The molecule has 2 rings (SSSR count). The number of ketones is 1. The number of rotatable bonds is 4. The summed E-state index contributed by atoms with van der Waals surface area (Å²) in [7, 11) is 0. The molecule has 0 aliphatic carbocycles. The molecule has 0 saturated heterocycles. The van der Waals surface area contributed by atoms with Crippen LogP contribution in [0.15, 0.2) is 59.5 Å². The van der Waals surface area contributed by atoms with Crippen LogP contribution in [-0.4, -0.2) is 12.0 Å². The zero-order valence-electron chi connectivity index (χ0n) is 10.5. The van der Waals surface area contributed by atoms with Crippen LogP contribution in [0.3, 0.4) is 0 Å². The van der Waals surface area contributed by atoms with E-state index in [1.165, 1.54) is 29.2 Å². The summed E-state index contributed by atoms with van der Waals surface area (Å²) in [6.07, 6.45) is 5.21. The van der Waals surface area contributed by atoms with Crippen molar-refractivity contribution < 1.29 is 9.18 Å². The van der Waals surface area contributed by atoms with Crippen molar-refractivity contribution in [3.05, 3.63) is 71.6 Å². The highest BCUT2D eigenvalue weighted by Crippen LogP contribution is 2.15. The van der Waals surface area contributed by atoms with E-state index in [0.29, 0.717) is 5.56 Å². The molecule has 0 N–H and O–H groups in total. The van der Waals surface area contributed by atoms with Gasteiger partial charge in [-0.25, -0.2) is 4.39 Å². The summed E-state index contributed by atoms with van der Waals surface area (Å²) in [6, 6.07) is 13.6. The van der Waals surface area contributed by atoms with Crippen molar-refractivity contribution in [1.29, 1.82) is 0 Å². The van der Waals surface area contributed by atoms with Crippen LogP contribution < -0.4 is 0 Å². The van der Waals surface area contributed by atoms with E-state index in [0.717, 1.165) is 5.56 Å². The van der Waals surface area contributed by atoms with Gasteiger partial charge in [0.05, 0.1) is 0 Å². The molecule has 0 aromatic heterocycles. The number of carbonyl (C=O) groups excluding carboxylic acids is 1. The van der Waals surface area contributed by atoms with Crippen LogP contribution in [0.25, 0.3) is 6.08 Å². The molecule has 96 valence electrons. The number of carbonyl (C=O) groups is 1. The largest absolute Gasteiger partial charge is 0.289 e. The molecule has 3 heteroatoms. The number of benzene rings is 2. The maximum Gasteiger partial charge on any atom is 0.185 e. The van der Waals surface area contributed by atoms with Crippen molar-refractivity contribution in [2.75, 3.05) is 6.26 Å². The zero-order valence-corrected chi connectivity index (χ0v) is 11.3. The molecule has 0 heterocycles. The van der Waals surface area contributed by atoms with E-state index in [9.17, 15) is 9.18 Å². The zero-order chi connectivity index (χ0) is 13.7. The molecule has 0 spiro atoms. The third-order valence-electron chi connectivity index (χ3n) is 2.65. The molecule has 1 nitrogen and oxygen atoms in total. The highest BCUT2D eigenvalue weighted by molar-refractivity contribution is 7.98. The van der Waals surface area contributed by atoms with E-state index < -0.39 is 5.82 Å². The summed E-state index contributed by atoms with van der Waals surface area (Å²) in [6.45, 7) is 0. The Hall–Kier alpha value is -1.87. The minimum atomic E-state index is -0.399. The standard InChI is InChI=1S/C16H13FOS/c1-19-15-8-5-12(6-9-15)7-10-16(18)13-3-2-4-14(17)11-13/h2-11H,1H3. The number of hydrogen-bond acceptors (Lipinski definition) is 2. The van der Waals surface area contributed by atoms with Crippen LogP contribution in [-0.2, 0) is 0 Å². The Morgan fingerprint density at radius 1 is 1.16 bits per heavy atom. The van der Waals surface area contributed by atoms with Crippen molar-refractivity contribution in [2.45, 2.75) is 4.90 Å². The fraction of sp³-hybridized carbons (Fsp3) is 0.0625. The quantitative estimate of drug-likeness (QED) is 0.465. The monoisotopic (exact) mass is 272 g/mol. The summed E-state index contributed by atoms with van der Waals surface area (Å²) in [5.41, 5.74) is 1.31. The molecule has 19 heavy (non-hydrogen) atoms. The second kappa shape index (κ2) is 6.34. The molecule has 0 amide bonds. The number of hydrogen-bond donors (Lipinski definition) is 0. The van der Waals surface area contributed by atoms with E-state index >= 15 is 0 Å². The molecule has 0 bridgehead atoms. The molecular weight excluding hydrogens is 259 g/mol. The molecule has 0 radical (unpaired) electrons. The lowest BCUT2D eigenvalue weighted by molar-refractivity contribution is 0.104. The average Bonchev–Trinajstić information content (AvgIpc) is 2.45. The van der Waals surface area contributed by atoms with Crippen molar-refractivity contribution >= 4 is 23.6 Å². The van der Waals surface area contributed by atoms with E-state index in [2.05, 4.69) is 0 Å². The summed E-state index contributed by atoms with van der Waals surface area (Å²) >= 11 is 1.67. The smallest absolute Gasteiger partial charge is 0.185 e. The van der Waals surface area contributed by atoms with Crippen molar-refractivity contribution in [3.8, 4) is 0 Å². The number of thioether (sulfide) groups is 1. The highest BCUT2D eigenvalue weighted by atomic mass is 32.2. The van der Waals surface area contributed by atoms with Gasteiger partial charge < -0.3 is 0 Å². The normalized spacial score (nSPS) is 10.8. The Balaban J connectivity index is 2.11. The maximum atomic E-state index is 13.0. The maximum absolute atomic E-state index is 13.0. The number of halogens is 1. The minimum Gasteiger partial charge on any atom is -0.289 e. The van der Waals surface area contributed by atoms with Gasteiger partial charge in [0.25, 0.3) is 0 Å². The van der Waals surface area contributed by atoms with Gasteiger partial charge in [-0.2, -0.15) is 0 Å². The second-order valence-corrected chi connectivity index (χ2v) is 4.86. The van der Waals surface area contributed by atoms with Crippen LogP contribution in [0.4, 0.5) is 4.39 Å². The first kappa shape index (κ1) is 13.6. The number of allylic oxidation sites excluding steroid dienone is 1. The van der Waals surface area contributed by atoms with Gasteiger partial charge in [0.15, 0.2) is 5.78 Å². The topological polar surface area (TPSA) is 17.1 Å². The van der Waals surface area contributed by atoms with Gasteiger partial charge in [0, 0.05) is 10.5 Å². The van der Waals surface area contributed by atoms with Crippen molar-refractivity contribution in [3.63, 3.8) is 0 Å². The van der Waals surface area contributed by atoms with Crippen molar-refractivity contribution in [1.82, 2.24) is 0 Å². The van der Waals surface area contributed by atoms with Gasteiger partial charge in [-0.1, -0.05) is 30.3 Å². The van der Waals surface area contributed by atoms with Gasteiger partial charge in [0.2, 0.25) is 0 Å². The molecular formula is C16H13FOS. The fourth-order valence-electron chi connectivity index (χ4n) is 1.62. The highest BCUT2D eigenvalue weighted by Gasteiger charge is 2.02. The lowest BCUT2D eigenvalue weighted by Crippen LogP contribution is -1.94. The van der Waals surface area contributed by atoms with Gasteiger partial charge >= 0.3 is 0 Å². The second-order valence-electron chi connectivity index (χ2n) is 3.98. The summed E-state index contributed by atoms with van der Waals surface area (Å²) in [5.74, 6) is -0.600. The Bertz CT molecular complexity index is 602. The van der Waals surface area contributed by atoms with Crippen molar-refractivity contribution in [2.24, 2.45) is 0 Å². The molecule has 2 aromatic carbocycles. The first-order valence-corrected chi connectivity index (χ1v) is 7.03. The third kappa shape index (κ3) is 3.80. The molecule has 0 aliphatic heterocycles. The van der Waals surface area contributed by atoms with Gasteiger partial charge in [-0.3, -0.25) is 4.79 Å². The molecule has 2 aromatic rings. The average molecular weight is 272 g/mol. The SMILES string of the molecule is CSc1ccc(C=CC(=O)c2cccc(F)c2)cc1. The Morgan fingerprint density at radius 2 is 1.89 bits per heavy atom. The van der Waals surface area contributed by atoms with Crippen LogP contribution in [0.2, 0.25) is 0 Å². The van der Waals surface area contributed by atoms with E-state index in [4.69, 9.17) is 0 Å². The molecule has 0 fully saturated rings. The lowest BCUT2D eigenvalue weighted by Gasteiger charge is -1.98. The molecule has 0 aliphatic rings. The Kier molecular flexibility index (Phi) is 4.53. The Labute approximate surface area is 116 Å². The van der Waals surface area contributed by atoms with Crippen LogP contribution in [0, 0.1) is 5.82 Å². The van der Waals surface area contributed by atoms with Crippen LogP contribution >= 0.6 is 11.8 Å². The fourth-order valence-corrected chi connectivity index (χ4v) is 2.03. The predicted molar refractivity (Wildman–Crippen MR) is 78.0 cm³/mol. The first-order chi connectivity index (χ1) is 9.19. The van der Waals surface area contributed by atoms with E-state index in [-0.39, 0.29) is 5.78 Å².